The molecule has 0 bridgehead atoms. The first-order valence-electron chi connectivity index (χ1n) is 9.24. The van der Waals surface area contributed by atoms with Crippen LogP contribution in [0.4, 0.5) is 5.69 Å². The number of fused-ring (bicyclic) bond motifs is 1. The number of hydrogen-bond acceptors (Lipinski definition) is 4. The van der Waals surface area contributed by atoms with Crippen molar-refractivity contribution in [3.05, 3.63) is 77.9 Å². The van der Waals surface area contributed by atoms with E-state index < -0.39 is 23.0 Å². The highest BCUT2D eigenvalue weighted by atomic mass is 32.2. The van der Waals surface area contributed by atoms with Crippen molar-refractivity contribution < 1.29 is 14.1 Å². The van der Waals surface area contributed by atoms with Crippen LogP contribution in [-0.2, 0) is 15.8 Å². The summed E-state index contributed by atoms with van der Waals surface area (Å²) in [5, 5.41) is 26.9. The van der Waals surface area contributed by atoms with Crippen molar-refractivity contribution in [3.8, 4) is 11.3 Å². The molecular weight excluding hydrogens is 400 g/mol. The molecule has 4 aromatic rings. The van der Waals surface area contributed by atoms with Crippen molar-refractivity contribution in [2.75, 3.05) is 5.32 Å². The number of rotatable bonds is 5. The predicted molar refractivity (Wildman–Crippen MR) is 117 cm³/mol. The molecule has 4 rings (SSSR count). The maximum atomic E-state index is 12.6. The number of aliphatic hydroxyl groups is 1. The van der Waals surface area contributed by atoms with Crippen molar-refractivity contribution in [3.63, 3.8) is 0 Å². The first-order valence-corrected chi connectivity index (χ1v) is 10.4. The number of H-pyrrole nitrogens is 1. The highest BCUT2D eigenvalue weighted by Gasteiger charge is 2.20. The summed E-state index contributed by atoms with van der Waals surface area (Å²) in [4.78, 5) is 13.1. The Morgan fingerprint density at radius 1 is 1.13 bits per heavy atom. The summed E-state index contributed by atoms with van der Waals surface area (Å²) < 4.78 is 11.6. The van der Waals surface area contributed by atoms with Crippen molar-refractivity contribution in [2.45, 2.75) is 17.9 Å². The van der Waals surface area contributed by atoms with Crippen LogP contribution in [0, 0.1) is 6.92 Å². The van der Waals surface area contributed by atoms with E-state index in [-0.39, 0.29) is 0 Å². The summed E-state index contributed by atoms with van der Waals surface area (Å²) in [5.41, 5.74) is 4.10. The topological polar surface area (TPSA) is 121 Å². The van der Waals surface area contributed by atoms with Crippen molar-refractivity contribution in [2.24, 2.45) is 5.14 Å². The molecule has 2 unspecified atom stereocenters. The van der Waals surface area contributed by atoms with Gasteiger partial charge in [0.25, 0.3) is 5.91 Å². The van der Waals surface area contributed by atoms with Crippen molar-refractivity contribution in [1.82, 2.24) is 10.2 Å². The molecule has 0 spiro atoms. The molecule has 0 fully saturated rings. The minimum atomic E-state index is -1.60. The van der Waals surface area contributed by atoms with E-state index in [1.165, 1.54) is 0 Å². The molecule has 1 heterocycles. The van der Waals surface area contributed by atoms with Gasteiger partial charge in [0.05, 0.1) is 10.4 Å². The molecule has 0 saturated heterocycles. The van der Waals surface area contributed by atoms with E-state index in [0.717, 1.165) is 22.0 Å². The number of aryl methyl sites for hydroxylation is 1. The molecule has 30 heavy (non-hydrogen) atoms. The maximum Gasteiger partial charge on any atom is 0.257 e. The van der Waals surface area contributed by atoms with E-state index in [1.807, 2.05) is 25.1 Å². The van der Waals surface area contributed by atoms with Gasteiger partial charge < -0.3 is 10.4 Å². The third-order valence-electron chi connectivity index (χ3n) is 4.95. The number of benzene rings is 3. The predicted octanol–water partition coefficient (Wildman–Crippen LogP) is 3.19. The molecule has 7 nitrogen and oxygen atoms in total. The summed E-state index contributed by atoms with van der Waals surface area (Å²) >= 11 is 0. The molecule has 8 heteroatoms. The fourth-order valence-electron chi connectivity index (χ4n) is 3.38. The summed E-state index contributed by atoms with van der Waals surface area (Å²) in [5.74, 6) is -0.519. The Hall–Kier alpha value is -3.33. The number of nitrogens with zero attached hydrogens (tertiary/aromatic N) is 1. The van der Waals surface area contributed by atoms with E-state index in [4.69, 9.17) is 5.14 Å². The van der Waals surface area contributed by atoms with Gasteiger partial charge in [0.2, 0.25) is 0 Å². The molecule has 0 aliphatic carbocycles. The number of carbonyl (C=O) groups is 1. The second-order valence-corrected chi connectivity index (χ2v) is 7.93. The van der Waals surface area contributed by atoms with Crippen LogP contribution in [0.15, 0.2) is 71.6 Å². The van der Waals surface area contributed by atoms with Gasteiger partial charge in [0.15, 0.2) is 6.10 Å². The van der Waals surface area contributed by atoms with Crippen LogP contribution in [-0.4, -0.2) is 25.4 Å². The summed E-state index contributed by atoms with van der Waals surface area (Å²) in [6.07, 6.45) is -1.28. The molecule has 2 atom stereocenters. The number of carbonyl (C=O) groups excluding carboxylic acids is 1. The third kappa shape index (κ3) is 3.76. The number of nitrogens with one attached hydrogen (secondary N) is 2. The van der Waals surface area contributed by atoms with Crippen LogP contribution < -0.4 is 10.5 Å². The molecule has 5 N–H and O–H groups in total. The van der Waals surface area contributed by atoms with Crippen LogP contribution in [0.1, 0.15) is 17.2 Å². The number of aliphatic hydroxyl groups excluding tert-OH is 1. The van der Waals surface area contributed by atoms with E-state index in [1.54, 1.807) is 48.5 Å². The molecule has 0 saturated carbocycles. The number of amides is 1. The number of hydrogen-bond donors (Lipinski definition) is 4. The second-order valence-electron chi connectivity index (χ2n) is 6.86. The van der Waals surface area contributed by atoms with Crippen LogP contribution in [0.5, 0.6) is 0 Å². The summed E-state index contributed by atoms with van der Waals surface area (Å²) in [6, 6.07) is 19.4. The lowest BCUT2D eigenvalue weighted by molar-refractivity contribution is -0.124. The van der Waals surface area contributed by atoms with Crippen LogP contribution in [0.2, 0.25) is 0 Å². The molecular formula is C22H20N4O3S. The zero-order valence-corrected chi connectivity index (χ0v) is 16.9. The first-order chi connectivity index (χ1) is 14.5. The molecule has 0 radical (unpaired) electrons. The van der Waals surface area contributed by atoms with Gasteiger partial charge in [0.1, 0.15) is 16.7 Å². The third-order valence-corrected chi connectivity index (χ3v) is 5.67. The van der Waals surface area contributed by atoms with Crippen molar-refractivity contribution >= 4 is 33.5 Å². The standard InChI is InChI=1S/C22H20N4O3S/c1-13-17(24-22(28)21(27)14-6-3-2-4-7-14)10-11-18-19(13)20(26-25-18)15-8-5-9-16(12-15)30(23)29/h2-12,21,27H,23H2,1H3,(H,24,28)(H,25,26). The van der Waals surface area contributed by atoms with Gasteiger partial charge in [-0.05, 0) is 42.3 Å². The number of anilines is 1. The zero-order chi connectivity index (χ0) is 21.3. The Balaban J connectivity index is 1.71. The minimum Gasteiger partial charge on any atom is -0.378 e. The Labute approximate surface area is 175 Å². The van der Waals surface area contributed by atoms with Gasteiger partial charge >= 0.3 is 0 Å². The first kappa shape index (κ1) is 20.0. The lowest BCUT2D eigenvalue weighted by Gasteiger charge is -2.14. The normalized spacial score (nSPS) is 13.2. The fraction of sp³-hybridized carbons (Fsp3) is 0.0909. The highest BCUT2D eigenvalue weighted by molar-refractivity contribution is 7.82. The molecule has 1 aromatic heterocycles. The lowest BCUT2D eigenvalue weighted by atomic mass is 10.0. The van der Waals surface area contributed by atoms with Gasteiger partial charge in [-0.1, -0.05) is 42.5 Å². The number of nitrogens with two attached hydrogens (primary N) is 1. The highest BCUT2D eigenvalue weighted by Crippen LogP contribution is 2.33. The van der Waals surface area contributed by atoms with Gasteiger partial charge in [-0.2, -0.15) is 5.10 Å². The summed E-state index contributed by atoms with van der Waals surface area (Å²) in [6.45, 7) is 1.87. The zero-order valence-electron chi connectivity index (χ0n) is 16.1. The fourth-order valence-corrected chi connectivity index (χ4v) is 3.84. The molecule has 3 aromatic carbocycles. The van der Waals surface area contributed by atoms with Crippen LogP contribution >= 0.6 is 0 Å². The average molecular weight is 420 g/mol. The maximum absolute atomic E-state index is 12.6. The van der Waals surface area contributed by atoms with E-state index in [0.29, 0.717) is 21.8 Å². The van der Waals surface area contributed by atoms with E-state index in [2.05, 4.69) is 15.5 Å². The van der Waals surface area contributed by atoms with E-state index >= 15 is 0 Å². The van der Waals surface area contributed by atoms with Crippen molar-refractivity contribution in [1.29, 1.82) is 0 Å². The average Bonchev–Trinajstić information content (AvgIpc) is 3.21. The van der Waals surface area contributed by atoms with Gasteiger partial charge in [0, 0.05) is 16.6 Å². The molecule has 1 amide bonds. The number of aromatic nitrogens is 2. The Morgan fingerprint density at radius 2 is 1.90 bits per heavy atom. The Bertz CT molecular complexity index is 1250. The van der Waals surface area contributed by atoms with Crippen LogP contribution in [0.25, 0.3) is 22.2 Å². The molecule has 152 valence electrons. The van der Waals surface area contributed by atoms with Gasteiger partial charge in [-0.3, -0.25) is 9.89 Å². The Morgan fingerprint density at radius 3 is 2.63 bits per heavy atom. The monoisotopic (exact) mass is 420 g/mol. The van der Waals surface area contributed by atoms with Crippen LogP contribution in [0.3, 0.4) is 0 Å². The smallest absolute Gasteiger partial charge is 0.257 e. The second kappa shape index (κ2) is 8.19. The van der Waals surface area contributed by atoms with Gasteiger partial charge in [-0.15, -0.1) is 0 Å². The SMILES string of the molecule is Cc1c(NC(=O)C(O)c2ccccc2)ccc2[nH]nc(-c3cccc(S(N)=O)c3)c12. The van der Waals surface area contributed by atoms with E-state index in [9.17, 15) is 14.1 Å². The minimum absolute atomic E-state index is 0.497. The summed E-state index contributed by atoms with van der Waals surface area (Å²) in [7, 11) is -1.60. The lowest BCUT2D eigenvalue weighted by Crippen LogP contribution is -2.21. The Kier molecular flexibility index (Phi) is 5.45. The largest absolute Gasteiger partial charge is 0.378 e. The quantitative estimate of drug-likeness (QED) is 0.396. The molecule has 0 aliphatic heterocycles. The number of aromatic amines is 1. The van der Waals surface area contributed by atoms with Gasteiger partial charge in [-0.25, -0.2) is 9.35 Å². The molecule has 0 aliphatic rings.